The van der Waals surface area contributed by atoms with E-state index in [0.29, 0.717) is 0 Å². The molecule has 14 heavy (non-hydrogen) atoms. The van der Waals surface area contributed by atoms with E-state index in [4.69, 9.17) is 0 Å². The third-order valence-electron chi connectivity index (χ3n) is 1.24. The Hall–Kier alpha value is 0.130. The molecule has 1 aromatic heterocycles. The molecule has 0 spiro atoms. The van der Waals surface area contributed by atoms with Crippen molar-refractivity contribution in [1.29, 1.82) is 0 Å². The fourth-order valence-corrected chi connectivity index (χ4v) is 2.37. The molecule has 0 saturated carbocycles. The van der Waals surface area contributed by atoms with Crippen molar-refractivity contribution in [3.05, 3.63) is 15.0 Å². The van der Waals surface area contributed by atoms with Crippen molar-refractivity contribution in [2.45, 2.75) is 32.4 Å². The largest absolute Gasteiger partial charge is 0.242 e. The number of thiazole rings is 1. The van der Waals surface area contributed by atoms with Gasteiger partial charge in [0, 0.05) is 4.75 Å². The summed E-state index contributed by atoms with van der Waals surface area (Å²) < 4.78 is 5.65. The molecular weight excluding hydrogens is 280 g/mol. The number of aromatic nitrogens is 1. The van der Waals surface area contributed by atoms with Gasteiger partial charge in [0.05, 0.1) is 15.7 Å². The molecule has 0 radical (unpaired) electrons. The van der Waals surface area contributed by atoms with Crippen molar-refractivity contribution in [2.24, 2.45) is 4.40 Å². The van der Waals surface area contributed by atoms with Gasteiger partial charge in [-0.25, -0.2) is 9.38 Å². The van der Waals surface area contributed by atoms with Gasteiger partial charge in [-0.15, -0.1) is 11.3 Å². The Labute approximate surface area is 102 Å². The zero-order valence-corrected chi connectivity index (χ0v) is 11.9. The van der Waals surface area contributed by atoms with Gasteiger partial charge in [-0.2, -0.15) is 0 Å². The van der Waals surface area contributed by atoms with Gasteiger partial charge in [-0.1, -0.05) is 0 Å². The Balaban J connectivity index is 2.70. The van der Waals surface area contributed by atoms with E-state index in [2.05, 4.69) is 46.1 Å². The quantitative estimate of drug-likeness (QED) is 0.604. The predicted octanol–water partition coefficient (Wildman–Crippen LogP) is 4.16. The molecule has 78 valence electrons. The lowest BCUT2D eigenvalue weighted by Gasteiger charge is -2.12. The Morgan fingerprint density at radius 1 is 1.57 bits per heavy atom. The molecule has 0 aromatic carbocycles. The summed E-state index contributed by atoms with van der Waals surface area (Å²) in [5, 5.41) is 0.980. The third-order valence-corrected chi connectivity index (χ3v) is 3.74. The molecule has 0 N–H and O–H groups in total. The van der Waals surface area contributed by atoms with Gasteiger partial charge in [0.15, 0.2) is 0 Å². The fourth-order valence-electron chi connectivity index (χ4n) is 0.666. The predicted molar refractivity (Wildman–Crippen MR) is 69.4 cm³/mol. The van der Waals surface area contributed by atoms with E-state index < -0.39 is 0 Å². The molecule has 0 atom stereocenters. The van der Waals surface area contributed by atoms with Crippen LogP contribution in [0.1, 0.15) is 32.7 Å². The molecule has 1 heterocycles. The summed E-state index contributed by atoms with van der Waals surface area (Å²) in [6.07, 6.45) is 1.81. The first-order valence-corrected chi connectivity index (χ1v) is 6.61. The van der Waals surface area contributed by atoms with Crippen molar-refractivity contribution in [3.8, 4) is 0 Å². The normalized spacial score (nSPS) is 13.4. The molecule has 0 amide bonds. The minimum absolute atomic E-state index is 0.162. The number of rotatable bonds is 2. The van der Waals surface area contributed by atoms with Crippen LogP contribution in [-0.4, -0.2) is 15.4 Å². The van der Waals surface area contributed by atoms with Crippen LogP contribution in [0.2, 0.25) is 0 Å². The van der Waals surface area contributed by atoms with Crippen LogP contribution in [0, 0.1) is 0 Å². The molecule has 0 saturated heterocycles. The van der Waals surface area contributed by atoms with E-state index in [1.165, 1.54) is 0 Å². The highest BCUT2D eigenvalue weighted by atomic mass is 79.9. The lowest BCUT2D eigenvalue weighted by molar-refractivity contribution is 0.804. The standard InChI is InChI=1S/C9H13BrN2S2/c1-6(12-14-9(2,3)4)8-11-5-7(10)13-8/h5H,1-4H3. The van der Waals surface area contributed by atoms with Crippen molar-refractivity contribution >= 4 is 44.9 Å². The summed E-state index contributed by atoms with van der Waals surface area (Å²) in [4.78, 5) is 4.24. The van der Waals surface area contributed by atoms with Gasteiger partial charge in [-0.05, 0) is 55.6 Å². The van der Waals surface area contributed by atoms with Gasteiger partial charge >= 0.3 is 0 Å². The second kappa shape index (κ2) is 4.77. The van der Waals surface area contributed by atoms with Crippen molar-refractivity contribution in [3.63, 3.8) is 0 Å². The Bertz CT molecular complexity index is 339. The van der Waals surface area contributed by atoms with E-state index in [1.54, 1.807) is 29.5 Å². The van der Waals surface area contributed by atoms with E-state index in [9.17, 15) is 0 Å². The molecule has 0 bridgehead atoms. The summed E-state index contributed by atoms with van der Waals surface area (Å²) in [6.45, 7) is 8.43. The SMILES string of the molecule is CC(=NSC(C)(C)C)c1ncc(Br)s1. The smallest absolute Gasteiger partial charge is 0.139 e. The Morgan fingerprint density at radius 2 is 2.21 bits per heavy atom. The summed E-state index contributed by atoms with van der Waals surface area (Å²) >= 11 is 6.58. The van der Waals surface area contributed by atoms with E-state index in [-0.39, 0.29) is 4.75 Å². The maximum atomic E-state index is 4.44. The van der Waals surface area contributed by atoms with Gasteiger partial charge in [0.2, 0.25) is 0 Å². The molecule has 0 aliphatic heterocycles. The van der Waals surface area contributed by atoms with Crippen LogP contribution in [0.25, 0.3) is 0 Å². The van der Waals surface area contributed by atoms with Crippen molar-refractivity contribution < 1.29 is 0 Å². The summed E-state index contributed by atoms with van der Waals surface area (Å²) in [5.74, 6) is 0. The average molecular weight is 293 g/mol. The van der Waals surface area contributed by atoms with Crippen molar-refractivity contribution in [2.75, 3.05) is 0 Å². The van der Waals surface area contributed by atoms with Crippen LogP contribution in [0.3, 0.4) is 0 Å². The fraction of sp³-hybridized carbons (Fsp3) is 0.556. The van der Waals surface area contributed by atoms with E-state index >= 15 is 0 Å². The molecule has 2 nitrogen and oxygen atoms in total. The number of nitrogens with zero attached hydrogens (tertiary/aromatic N) is 2. The van der Waals surface area contributed by atoms with Crippen molar-refractivity contribution in [1.82, 2.24) is 4.98 Å². The summed E-state index contributed by atoms with van der Waals surface area (Å²) in [5.41, 5.74) is 0.987. The highest BCUT2D eigenvalue weighted by Gasteiger charge is 2.11. The Kier molecular flexibility index (Phi) is 4.15. The second-order valence-corrected chi connectivity index (χ2v) is 7.85. The van der Waals surface area contributed by atoms with Crippen LogP contribution in [0.15, 0.2) is 14.4 Å². The molecule has 0 fully saturated rings. The van der Waals surface area contributed by atoms with Crippen LogP contribution >= 0.6 is 39.2 Å². The topological polar surface area (TPSA) is 25.2 Å². The number of hydrogen-bond acceptors (Lipinski definition) is 4. The maximum Gasteiger partial charge on any atom is 0.139 e. The zero-order valence-electron chi connectivity index (χ0n) is 8.67. The lowest BCUT2D eigenvalue weighted by atomic mass is 10.3. The van der Waals surface area contributed by atoms with Gasteiger partial charge in [0.1, 0.15) is 5.01 Å². The van der Waals surface area contributed by atoms with Crippen LogP contribution in [-0.2, 0) is 0 Å². The lowest BCUT2D eigenvalue weighted by Crippen LogP contribution is -2.06. The molecule has 0 unspecified atom stereocenters. The molecule has 0 aliphatic rings. The number of halogens is 1. The second-order valence-electron chi connectivity index (χ2n) is 3.85. The van der Waals surface area contributed by atoms with Crippen LogP contribution in [0.5, 0.6) is 0 Å². The average Bonchev–Trinajstić information content (AvgIpc) is 2.46. The summed E-state index contributed by atoms with van der Waals surface area (Å²) in [6, 6.07) is 0. The van der Waals surface area contributed by atoms with Gasteiger partial charge in [0.25, 0.3) is 0 Å². The highest BCUT2D eigenvalue weighted by Crippen LogP contribution is 2.26. The third kappa shape index (κ3) is 4.11. The number of hydrogen-bond donors (Lipinski definition) is 0. The first-order valence-electron chi connectivity index (χ1n) is 4.23. The monoisotopic (exact) mass is 292 g/mol. The van der Waals surface area contributed by atoms with Crippen LogP contribution in [0.4, 0.5) is 0 Å². The summed E-state index contributed by atoms with van der Waals surface area (Å²) in [7, 11) is 0. The van der Waals surface area contributed by atoms with Gasteiger partial charge < -0.3 is 0 Å². The van der Waals surface area contributed by atoms with E-state index in [0.717, 1.165) is 14.5 Å². The molecule has 1 aromatic rings. The first-order chi connectivity index (χ1) is 6.38. The first kappa shape index (κ1) is 12.2. The highest BCUT2D eigenvalue weighted by molar-refractivity contribution is 9.11. The molecular formula is C9H13BrN2S2. The van der Waals surface area contributed by atoms with E-state index in [1.807, 2.05) is 6.92 Å². The Morgan fingerprint density at radius 3 is 2.64 bits per heavy atom. The van der Waals surface area contributed by atoms with Crippen LogP contribution < -0.4 is 0 Å². The molecule has 1 rings (SSSR count). The molecule has 5 heteroatoms. The minimum Gasteiger partial charge on any atom is -0.242 e. The minimum atomic E-state index is 0.162. The maximum absolute atomic E-state index is 4.44. The zero-order chi connectivity index (χ0) is 10.8. The van der Waals surface area contributed by atoms with Gasteiger partial charge in [-0.3, -0.25) is 0 Å². The molecule has 0 aliphatic carbocycles.